The highest BCUT2D eigenvalue weighted by atomic mass is 35.5. The predicted octanol–water partition coefficient (Wildman–Crippen LogP) is 1.58. The average molecular weight is 277 g/mol. The standard InChI is InChI=1S/C11H13ClO4S/c1-16-6-7-17(14,15)8-11(13)9-2-4-10(12)5-3-9/h2-5H,6-8H2,1H3. The number of carbonyl (C=O) groups excluding carboxylic acids is 1. The zero-order valence-electron chi connectivity index (χ0n) is 9.35. The van der Waals surface area contributed by atoms with Crippen molar-refractivity contribution in [3.8, 4) is 0 Å². The summed E-state index contributed by atoms with van der Waals surface area (Å²) in [5.74, 6) is -1.08. The van der Waals surface area contributed by atoms with E-state index in [-0.39, 0.29) is 12.4 Å². The van der Waals surface area contributed by atoms with Crippen LogP contribution in [0.3, 0.4) is 0 Å². The number of Topliss-reactive ketones (excluding diaryl/α,β-unsaturated/α-hetero) is 1. The maximum atomic E-state index is 11.7. The van der Waals surface area contributed by atoms with Crippen LogP contribution in [-0.4, -0.2) is 39.4 Å². The summed E-state index contributed by atoms with van der Waals surface area (Å²) >= 11 is 5.67. The minimum Gasteiger partial charge on any atom is -0.384 e. The molecule has 0 heterocycles. The molecule has 6 heteroatoms. The third-order valence-corrected chi connectivity index (χ3v) is 3.86. The molecule has 1 aromatic carbocycles. The molecule has 0 aliphatic heterocycles. The Morgan fingerprint density at radius 1 is 1.29 bits per heavy atom. The van der Waals surface area contributed by atoms with Gasteiger partial charge in [-0.1, -0.05) is 11.6 Å². The highest BCUT2D eigenvalue weighted by Crippen LogP contribution is 2.10. The molecule has 0 unspecified atom stereocenters. The second kappa shape index (κ2) is 6.14. The van der Waals surface area contributed by atoms with Crippen molar-refractivity contribution in [3.05, 3.63) is 34.9 Å². The largest absolute Gasteiger partial charge is 0.384 e. The molecule has 0 fully saturated rings. The molecule has 0 bridgehead atoms. The Morgan fingerprint density at radius 2 is 1.88 bits per heavy atom. The van der Waals surface area contributed by atoms with Crippen molar-refractivity contribution in [3.63, 3.8) is 0 Å². The van der Waals surface area contributed by atoms with Gasteiger partial charge in [-0.2, -0.15) is 0 Å². The molecule has 0 saturated heterocycles. The Balaban J connectivity index is 2.69. The molecule has 1 rings (SSSR count). The summed E-state index contributed by atoms with van der Waals surface area (Å²) in [5, 5.41) is 0.504. The van der Waals surface area contributed by atoms with Crippen molar-refractivity contribution in [2.24, 2.45) is 0 Å². The molecule has 94 valence electrons. The Labute approximate surface area is 105 Å². The molecule has 0 aliphatic rings. The molecule has 0 aromatic heterocycles. The van der Waals surface area contributed by atoms with Crippen LogP contribution in [0, 0.1) is 0 Å². The van der Waals surface area contributed by atoms with E-state index in [1.165, 1.54) is 19.2 Å². The van der Waals surface area contributed by atoms with Crippen LogP contribution in [0.15, 0.2) is 24.3 Å². The summed E-state index contributed by atoms with van der Waals surface area (Å²) in [4.78, 5) is 11.7. The van der Waals surface area contributed by atoms with E-state index in [9.17, 15) is 13.2 Å². The minimum atomic E-state index is -3.41. The highest BCUT2D eigenvalue weighted by molar-refractivity contribution is 7.92. The van der Waals surface area contributed by atoms with Gasteiger partial charge in [0.1, 0.15) is 5.75 Å². The van der Waals surface area contributed by atoms with Crippen molar-refractivity contribution in [2.75, 3.05) is 25.2 Å². The topological polar surface area (TPSA) is 60.4 Å². The molecule has 0 spiro atoms. The SMILES string of the molecule is COCCS(=O)(=O)CC(=O)c1ccc(Cl)cc1. The van der Waals surface area contributed by atoms with Gasteiger partial charge in [0.05, 0.1) is 12.4 Å². The molecule has 0 aliphatic carbocycles. The van der Waals surface area contributed by atoms with Gasteiger partial charge >= 0.3 is 0 Å². The summed E-state index contributed by atoms with van der Waals surface area (Å²) in [7, 11) is -2.00. The van der Waals surface area contributed by atoms with Crippen molar-refractivity contribution < 1.29 is 17.9 Å². The number of ether oxygens (including phenoxy) is 1. The molecule has 0 saturated carbocycles. The summed E-state index contributed by atoms with van der Waals surface area (Å²) in [6.07, 6.45) is 0. The van der Waals surface area contributed by atoms with Gasteiger partial charge in [-0.05, 0) is 24.3 Å². The quantitative estimate of drug-likeness (QED) is 0.740. The lowest BCUT2D eigenvalue weighted by molar-refractivity contribution is 0.102. The van der Waals surface area contributed by atoms with Gasteiger partial charge in [-0.15, -0.1) is 0 Å². The fraction of sp³-hybridized carbons (Fsp3) is 0.364. The Morgan fingerprint density at radius 3 is 2.41 bits per heavy atom. The number of ketones is 1. The molecular formula is C11H13ClO4S. The van der Waals surface area contributed by atoms with Crippen LogP contribution in [0.2, 0.25) is 5.02 Å². The Kier molecular flexibility index (Phi) is 5.11. The lowest BCUT2D eigenvalue weighted by atomic mass is 10.1. The number of sulfone groups is 1. The minimum absolute atomic E-state index is 0.0935. The average Bonchev–Trinajstić information content (AvgIpc) is 2.26. The van der Waals surface area contributed by atoms with Crippen LogP contribution in [0.25, 0.3) is 0 Å². The van der Waals surface area contributed by atoms with Crippen LogP contribution in [0.1, 0.15) is 10.4 Å². The van der Waals surface area contributed by atoms with E-state index in [2.05, 4.69) is 4.74 Å². The summed E-state index contributed by atoms with van der Waals surface area (Å²) in [6, 6.07) is 6.13. The van der Waals surface area contributed by atoms with E-state index in [0.717, 1.165) is 0 Å². The number of hydrogen-bond donors (Lipinski definition) is 0. The Hall–Kier alpha value is -0.910. The lowest BCUT2D eigenvalue weighted by Crippen LogP contribution is -2.21. The van der Waals surface area contributed by atoms with Gasteiger partial charge < -0.3 is 4.74 Å². The molecule has 4 nitrogen and oxygen atoms in total. The van der Waals surface area contributed by atoms with Gasteiger partial charge in [0.25, 0.3) is 0 Å². The van der Waals surface area contributed by atoms with Gasteiger partial charge in [0, 0.05) is 17.7 Å². The molecular weight excluding hydrogens is 264 g/mol. The number of rotatable bonds is 6. The molecule has 0 atom stereocenters. The van der Waals surface area contributed by atoms with E-state index >= 15 is 0 Å². The fourth-order valence-electron chi connectivity index (χ4n) is 1.20. The van der Waals surface area contributed by atoms with Crippen LogP contribution < -0.4 is 0 Å². The molecule has 1 aromatic rings. The predicted molar refractivity (Wildman–Crippen MR) is 66.3 cm³/mol. The first-order valence-corrected chi connectivity index (χ1v) is 7.12. The monoisotopic (exact) mass is 276 g/mol. The van der Waals surface area contributed by atoms with Crippen molar-refractivity contribution in [1.82, 2.24) is 0 Å². The molecule has 0 amide bonds. The second-order valence-electron chi connectivity index (χ2n) is 3.51. The molecule has 0 radical (unpaired) electrons. The zero-order chi connectivity index (χ0) is 12.9. The molecule has 17 heavy (non-hydrogen) atoms. The number of benzene rings is 1. The maximum absolute atomic E-state index is 11.7. The van der Waals surface area contributed by atoms with Crippen LogP contribution in [-0.2, 0) is 14.6 Å². The first kappa shape index (κ1) is 14.2. The third-order valence-electron chi connectivity index (χ3n) is 2.12. The van der Waals surface area contributed by atoms with E-state index in [1.54, 1.807) is 12.1 Å². The zero-order valence-corrected chi connectivity index (χ0v) is 10.9. The number of methoxy groups -OCH3 is 1. The van der Waals surface area contributed by atoms with E-state index in [1.807, 2.05) is 0 Å². The molecule has 0 N–H and O–H groups in total. The highest BCUT2D eigenvalue weighted by Gasteiger charge is 2.17. The fourth-order valence-corrected chi connectivity index (χ4v) is 2.46. The van der Waals surface area contributed by atoms with E-state index in [4.69, 9.17) is 11.6 Å². The summed E-state index contributed by atoms with van der Waals surface area (Å²) in [6.45, 7) is 0.0935. The normalized spacial score (nSPS) is 11.4. The van der Waals surface area contributed by atoms with Crippen molar-refractivity contribution in [2.45, 2.75) is 0 Å². The van der Waals surface area contributed by atoms with Crippen LogP contribution >= 0.6 is 11.6 Å². The van der Waals surface area contributed by atoms with Crippen molar-refractivity contribution >= 4 is 27.2 Å². The first-order chi connectivity index (χ1) is 7.94. The van der Waals surface area contributed by atoms with Gasteiger partial charge in [0.2, 0.25) is 0 Å². The van der Waals surface area contributed by atoms with E-state index < -0.39 is 21.4 Å². The number of halogens is 1. The second-order valence-corrected chi connectivity index (χ2v) is 6.14. The smallest absolute Gasteiger partial charge is 0.177 e. The summed E-state index contributed by atoms with van der Waals surface area (Å²) < 4.78 is 27.7. The summed E-state index contributed by atoms with van der Waals surface area (Å²) in [5.41, 5.74) is 0.343. The lowest BCUT2D eigenvalue weighted by Gasteiger charge is -2.03. The van der Waals surface area contributed by atoms with Gasteiger partial charge in [-0.3, -0.25) is 4.79 Å². The number of hydrogen-bond acceptors (Lipinski definition) is 4. The van der Waals surface area contributed by atoms with Gasteiger partial charge in [-0.25, -0.2) is 8.42 Å². The Bertz CT molecular complexity index is 479. The maximum Gasteiger partial charge on any atom is 0.177 e. The van der Waals surface area contributed by atoms with Gasteiger partial charge in [0.15, 0.2) is 15.6 Å². The van der Waals surface area contributed by atoms with E-state index in [0.29, 0.717) is 10.6 Å². The number of carbonyl (C=O) groups is 1. The third kappa shape index (κ3) is 4.85. The van der Waals surface area contributed by atoms with Crippen molar-refractivity contribution in [1.29, 1.82) is 0 Å². The van der Waals surface area contributed by atoms with Crippen LogP contribution in [0.4, 0.5) is 0 Å². The first-order valence-electron chi connectivity index (χ1n) is 4.93. The van der Waals surface area contributed by atoms with Crippen LogP contribution in [0.5, 0.6) is 0 Å².